The van der Waals surface area contributed by atoms with Crippen LogP contribution in [0.1, 0.15) is 0 Å². The monoisotopic (exact) mass is 335 g/mol. The molecule has 0 atom stereocenters. The molecule has 0 unspecified atom stereocenters. The fourth-order valence-electron chi connectivity index (χ4n) is 1.82. The molecule has 0 fully saturated rings. The summed E-state index contributed by atoms with van der Waals surface area (Å²) in [6, 6.07) is 12.8. The third-order valence-corrected chi connectivity index (χ3v) is 4.57. The maximum atomic E-state index is 12.3. The zero-order valence-corrected chi connectivity index (χ0v) is 12.7. The minimum absolute atomic E-state index is 0.152. The Labute approximate surface area is 131 Å². The number of rotatable bonds is 4. The number of halogens is 1. The van der Waals surface area contributed by atoms with Crippen LogP contribution in [-0.2, 0) is 10.0 Å². The summed E-state index contributed by atoms with van der Waals surface area (Å²) in [5.41, 5.74) is 0.832. The number of anilines is 1. The van der Waals surface area contributed by atoms with Gasteiger partial charge in [0.05, 0.1) is 21.3 Å². The summed E-state index contributed by atoms with van der Waals surface area (Å²) in [6.07, 6.45) is 1.40. The summed E-state index contributed by atoms with van der Waals surface area (Å²) in [5, 5.41) is 11.1. The standard InChI is InChI=1S/C13H10ClN5O2S/c14-12-7-6-10(19-9-15-17-18-19)8-13(12)16-22(20,21)11-4-2-1-3-5-11/h1-9,16H. The Morgan fingerprint density at radius 2 is 1.86 bits per heavy atom. The lowest BCUT2D eigenvalue weighted by atomic mass is 10.3. The summed E-state index contributed by atoms with van der Waals surface area (Å²) in [5.74, 6) is 0. The summed E-state index contributed by atoms with van der Waals surface area (Å²) >= 11 is 6.06. The second-order valence-electron chi connectivity index (χ2n) is 4.34. The summed E-state index contributed by atoms with van der Waals surface area (Å²) in [4.78, 5) is 0.152. The molecule has 22 heavy (non-hydrogen) atoms. The summed E-state index contributed by atoms with van der Waals surface area (Å²) < 4.78 is 28.5. The van der Waals surface area contributed by atoms with Crippen LogP contribution in [0.4, 0.5) is 5.69 Å². The van der Waals surface area contributed by atoms with Gasteiger partial charge in [-0.05, 0) is 40.8 Å². The number of nitrogens with one attached hydrogen (secondary N) is 1. The largest absolute Gasteiger partial charge is 0.278 e. The van der Waals surface area contributed by atoms with Gasteiger partial charge in [0.2, 0.25) is 0 Å². The first-order valence-corrected chi connectivity index (χ1v) is 8.03. The molecule has 0 saturated heterocycles. The van der Waals surface area contributed by atoms with E-state index in [0.717, 1.165) is 0 Å². The second kappa shape index (κ2) is 5.74. The van der Waals surface area contributed by atoms with E-state index in [9.17, 15) is 8.42 Å². The fourth-order valence-corrected chi connectivity index (χ4v) is 3.13. The Morgan fingerprint density at radius 1 is 1.09 bits per heavy atom. The Morgan fingerprint density at radius 3 is 2.55 bits per heavy atom. The maximum absolute atomic E-state index is 12.3. The first-order chi connectivity index (χ1) is 10.6. The highest BCUT2D eigenvalue weighted by Gasteiger charge is 2.16. The molecule has 0 spiro atoms. The number of sulfonamides is 1. The number of nitrogens with zero attached hydrogens (tertiary/aromatic N) is 4. The van der Waals surface area contributed by atoms with Crippen molar-refractivity contribution in [3.8, 4) is 5.69 Å². The molecule has 7 nitrogen and oxygen atoms in total. The zero-order chi connectivity index (χ0) is 15.6. The highest BCUT2D eigenvalue weighted by Crippen LogP contribution is 2.26. The number of benzene rings is 2. The number of hydrogen-bond donors (Lipinski definition) is 1. The second-order valence-corrected chi connectivity index (χ2v) is 6.43. The molecule has 3 aromatic rings. The first-order valence-electron chi connectivity index (χ1n) is 6.17. The normalized spacial score (nSPS) is 11.3. The zero-order valence-electron chi connectivity index (χ0n) is 11.1. The third kappa shape index (κ3) is 2.92. The number of aromatic nitrogens is 4. The van der Waals surface area contributed by atoms with Crippen molar-refractivity contribution in [1.29, 1.82) is 0 Å². The molecule has 0 aliphatic carbocycles. The highest BCUT2D eigenvalue weighted by molar-refractivity contribution is 7.92. The third-order valence-electron chi connectivity index (χ3n) is 2.86. The van der Waals surface area contributed by atoms with Gasteiger partial charge in [0.1, 0.15) is 6.33 Å². The van der Waals surface area contributed by atoms with Crippen LogP contribution in [0.2, 0.25) is 5.02 Å². The first kappa shape index (κ1) is 14.5. The molecule has 0 bridgehead atoms. The van der Waals surface area contributed by atoms with Crippen molar-refractivity contribution in [2.75, 3.05) is 4.72 Å². The van der Waals surface area contributed by atoms with Crippen molar-refractivity contribution in [3.63, 3.8) is 0 Å². The SMILES string of the molecule is O=S(=O)(Nc1cc(-n2cnnn2)ccc1Cl)c1ccccc1. The average molecular weight is 336 g/mol. The number of tetrazole rings is 1. The van der Waals surface area contributed by atoms with Crippen molar-refractivity contribution < 1.29 is 8.42 Å². The van der Waals surface area contributed by atoms with E-state index in [-0.39, 0.29) is 15.6 Å². The molecule has 112 valence electrons. The molecule has 1 aromatic heterocycles. The smallest absolute Gasteiger partial charge is 0.261 e. The predicted octanol–water partition coefficient (Wildman–Crippen LogP) is 2.12. The molecule has 0 amide bonds. The molecule has 0 aliphatic heterocycles. The van der Waals surface area contributed by atoms with Crippen LogP contribution >= 0.6 is 11.6 Å². The molecular weight excluding hydrogens is 326 g/mol. The van der Waals surface area contributed by atoms with Gasteiger partial charge in [-0.15, -0.1) is 5.10 Å². The van der Waals surface area contributed by atoms with Crippen LogP contribution in [0.25, 0.3) is 5.69 Å². The van der Waals surface area contributed by atoms with E-state index in [0.29, 0.717) is 5.69 Å². The van der Waals surface area contributed by atoms with Crippen molar-refractivity contribution in [2.45, 2.75) is 4.90 Å². The lowest BCUT2D eigenvalue weighted by Gasteiger charge is -2.11. The Kier molecular flexibility index (Phi) is 3.78. The summed E-state index contributed by atoms with van der Waals surface area (Å²) in [6.45, 7) is 0. The molecule has 0 radical (unpaired) electrons. The molecular formula is C13H10ClN5O2S. The van der Waals surface area contributed by atoms with Crippen LogP contribution in [0, 0.1) is 0 Å². The van der Waals surface area contributed by atoms with E-state index < -0.39 is 10.0 Å². The van der Waals surface area contributed by atoms with Crippen molar-refractivity contribution in [3.05, 3.63) is 59.9 Å². The Balaban J connectivity index is 1.97. The van der Waals surface area contributed by atoms with E-state index in [1.165, 1.54) is 23.1 Å². The van der Waals surface area contributed by atoms with Crippen LogP contribution in [0.15, 0.2) is 59.8 Å². The van der Waals surface area contributed by atoms with Crippen LogP contribution < -0.4 is 4.72 Å². The minimum Gasteiger partial charge on any atom is -0.278 e. The van der Waals surface area contributed by atoms with E-state index >= 15 is 0 Å². The van der Waals surface area contributed by atoms with Gasteiger partial charge in [0.15, 0.2) is 0 Å². The minimum atomic E-state index is -3.72. The molecule has 9 heteroatoms. The molecule has 1 N–H and O–H groups in total. The average Bonchev–Trinajstić information content (AvgIpc) is 3.04. The van der Waals surface area contributed by atoms with Crippen LogP contribution in [0.5, 0.6) is 0 Å². The number of hydrogen-bond acceptors (Lipinski definition) is 5. The van der Waals surface area contributed by atoms with Gasteiger partial charge in [-0.3, -0.25) is 4.72 Å². The van der Waals surface area contributed by atoms with E-state index in [4.69, 9.17) is 11.6 Å². The van der Waals surface area contributed by atoms with E-state index in [2.05, 4.69) is 20.2 Å². The molecule has 0 saturated carbocycles. The highest BCUT2D eigenvalue weighted by atomic mass is 35.5. The molecule has 3 rings (SSSR count). The lowest BCUT2D eigenvalue weighted by molar-refractivity contribution is 0.601. The van der Waals surface area contributed by atoms with Gasteiger partial charge in [-0.1, -0.05) is 29.8 Å². The van der Waals surface area contributed by atoms with Crippen molar-refractivity contribution in [2.24, 2.45) is 0 Å². The Hall–Kier alpha value is -2.45. The van der Waals surface area contributed by atoms with Gasteiger partial charge in [0, 0.05) is 0 Å². The quantitative estimate of drug-likeness (QED) is 0.788. The van der Waals surface area contributed by atoms with Gasteiger partial charge >= 0.3 is 0 Å². The molecule has 0 aliphatic rings. The maximum Gasteiger partial charge on any atom is 0.261 e. The summed E-state index contributed by atoms with van der Waals surface area (Å²) in [7, 11) is -3.72. The van der Waals surface area contributed by atoms with Crippen LogP contribution in [-0.4, -0.2) is 28.6 Å². The van der Waals surface area contributed by atoms with Gasteiger partial charge < -0.3 is 0 Å². The lowest BCUT2D eigenvalue weighted by Crippen LogP contribution is -2.13. The molecule has 2 aromatic carbocycles. The topological polar surface area (TPSA) is 89.8 Å². The van der Waals surface area contributed by atoms with Gasteiger partial charge in [-0.2, -0.15) is 0 Å². The van der Waals surface area contributed by atoms with Gasteiger partial charge in [0.25, 0.3) is 10.0 Å². The Bertz CT molecular complexity index is 882. The fraction of sp³-hybridized carbons (Fsp3) is 0. The van der Waals surface area contributed by atoms with E-state index in [1.807, 2.05) is 0 Å². The van der Waals surface area contributed by atoms with Crippen molar-refractivity contribution >= 4 is 27.3 Å². The van der Waals surface area contributed by atoms with E-state index in [1.54, 1.807) is 36.4 Å². The predicted molar refractivity (Wildman–Crippen MR) is 81.4 cm³/mol. The van der Waals surface area contributed by atoms with Crippen molar-refractivity contribution in [1.82, 2.24) is 20.2 Å². The van der Waals surface area contributed by atoms with Crippen LogP contribution in [0.3, 0.4) is 0 Å². The molecule has 1 heterocycles. The van der Waals surface area contributed by atoms with Gasteiger partial charge in [-0.25, -0.2) is 13.1 Å².